The standard InChI is InChI=1S/C34H35F2N3O6/c1-38(2)34(45)22-8-14-25(15-9-22)37-33(44)32-31(21-6-12-24(36)13-7-21)30(20-4-10-23(35)11-5-20)28(39(32)3)17-16-26(40)18-27(41)19-29(42)43/h4-15,26-27,40-41H,16-19H2,1-3H3,(H,37,44)(H,42,43)/t26-,27-/m1/s1. The molecule has 0 saturated heterocycles. The summed E-state index contributed by atoms with van der Waals surface area (Å²) in [5.41, 5.74) is 3.80. The van der Waals surface area contributed by atoms with E-state index in [9.17, 15) is 33.4 Å². The first-order valence-electron chi connectivity index (χ1n) is 14.3. The zero-order chi connectivity index (χ0) is 32.8. The number of hydrogen-bond donors (Lipinski definition) is 4. The highest BCUT2D eigenvalue weighted by molar-refractivity contribution is 6.11. The number of rotatable bonds is 12. The fourth-order valence-corrected chi connectivity index (χ4v) is 5.28. The molecule has 2 amide bonds. The summed E-state index contributed by atoms with van der Waals surface area (Å²) in [6.45, 7) is 0. The highest BCUT2D eigenvalue weighted by Gasteiger charge is 2.28. The zero-order valence-electron chi connectivity index (χ0n) is 25.1. The lowest BCUT2D eigenvalue weighted by molar-refractivity contribution is -0.139. The van der Waals surface area contributed by atoms with Crippen LogP contribution in [0.4, 0.5) is 14.5 Å². The Hall–Kier alpha value is -4.87. The smallest absolute Gasteiger partial charge is 0.305 e. The fourth-order valence-electron chi connectivity index (χ4n) is 5.28. The summed E-state index contributed by atoms with van der Waals surface area (Å²) in [4.78, 5) is 38.7. The van der Waals surface area contributed by atoms with Gasteiger partial charge < -0.3 is 30.1 Å². The summed E-state index contributed by atoms with van der Waals surface area (Å²) in [6.07, 6.45) is -2.64. The minimum absolute atomic E-state index is 0.119. The number of carboxylic acids is 1. The summed E-state index contributed by atoms with van der Waals surface area (Å²) in [5.74, 6) is -2.82. The molecule has 11 heteroatoms. The van der Waals surface area contributed by atoms with Crippen molar-refractivity contribution in [2.45, 2.75) is 37.9 Å². The van der Waals surface area contributed by atoms with E-state index in [1.807, 2.05) is 0 Å². The first-order chi connectivity index (χ1) is 21.3. The maximum absolute atomic E-state index is 14.0. The number of benzene rings is 3. The number of carbonyl (C=O) groups excluding carboxylic acids is 2. The molecule has 3 aromatic carbocycles. The lowest BCUT2D eigenvalue weighted by Crippen LogP contribution is -2.22. The number of aliphatic hydroxyl groups is 2. The first kappa shape index (κ1) is 33.0. The molecule has 4 rings (SSSR count). The van der Waals surface area contributed by atoms with Crippen LogP contribution in [0.3, 0.4) is 0 Å². The lowest BCUT2D eigenvalue weighted by atomic mass is 9.92. The normalized spacial score (nSPS) is 12.4. The van der Waals surface area contributed by atoms with Crippen LogP contribution in [0.5, 0.6) is 0 Å². The summed E-state index contributed by atoms with van der Waals surface area (Å²) in [5, 5.41) is 32.5. The van der Waals surface area contributed by atoms with Crippen LogP contribution in [-0.4, -0.2) is 68.9 Å². The molecule has 2 atom stereocenters. The molecule has 236 valence electrons. The van der Waals surface area contributed by atoms with Crippen LogP contribution >= 0.6 is 0 Å². The van der Waals surface area contributed by atoms with Gasteiger partial charge >= 0.3 is 5.97 Å². The van der Waals surface area contributed by atoms with Crippen molar-refractivity contribution in [1.82, 2.24) is 9.47 Å². The Morgan fingerprint density at radius 3 is 1.87 bits per heavy atom. The van der Waals surface area contributed by atoms with Crippen molar-refractivity contribution in [3.05, 3.63) is 101 Å². The maximum Gasteiger partial charge on any atom is 0.305 e. The summed E-state index contributed by atoms with van der Waals surface area (Å²) in [6, 6.07) is 17.7. The summed E-state index contributed by atoms with van der Waals surface area (Å²) >= 11 is 0. The van der Waals surface area contributed by atoms with Crippen LogP contribution in [0.15, 0.2) is 72.8 Å². The summed E-state index contributed by atoms with van der Waals surface area (Å²) in [7, 11) is 4.95. The topological polar surface area (TPSA) is 132 Å². The molecule has 0 saturated carbocycles. The van der Waals surface area contributed by atoms with Crippen molar-refractivity contribution in [1.29, 1.82) is 0 Å². The predicted octanol–water partition coefficient (Wildman–Crippen LogP) is 5.11. The fraction of sp³-hybridized carbons (Fsp3) is 0.265. The number of nitrogens with one attached hydrogen (secondary N) is 1. The van der Waals surface area contributed by atoms with Crippen LogP contribution in [0.2, 0.25) is 0 Å². The Balaban J connectivity index is 1.80. The van der Waals surface area contributed by atoms with Gasteiger partial charge in [-0.15, -0.1) is 0 Å². The number of aliphatic hydroxyl groups excluding tert-OH is 2. The minimum atomic E-state index is -1.24. The average Bonchev–Trinajstić information content (AvgIpc) is 3.28. The third-order valence-corrected chi connectivity index (χ3v) is 7.46. The van der Waals surface area contributed by atoms with Gasteiger partial charge in [0.2, 0.25) is 0 Å². The molecule has 0 spiro atoms. The second-order valence-electron chi connectivity index (χ2n) is 11.0. The van der Waals surface area contributed by atoms with Crippen LogP contribution in [0.1, 0.15) is 45.8 Å². The average molecular weight is 620 g/mol. The predicted molar refractivity (Wildman–Crippen MR) is 166 cm³/mol. The van der Waals surface area contributed by atoms with E-state index in [2.05, 4.69) is 5.32 Å². The van der Waals surface area contributed by atoms with Crippen molar-refractivity contribution in [2.75, 3.05) is 19.4 Å². The van der Waals surface area contributed by atoms with Gasteiger partial charge in [0.1, 0.15) is 17.3 Å². The molecule has 0 radical (unpaired) electrons. The molecule has 0 aliphatic heterocycles. The van der Waals surface area contributed by atoms with E-state index in [1.54, 1.807) is 62.1 Å². The van der Waals surface area contributed by atoms with Crippen molar-refractivity contribution < 1.29 is 38.5 Å². The van der Waals surface area contributed by atoms with Gasteiger partial charge in [-0.25, -0.2) is 8.78 Å². The van der Waals surface area contributed by atoms with E-state index in [4.69, 9.17) is 5.11 Å². The Morgan fingerprint density at radius 2 is 1.36 bits per heavy atom. The molecule has 0 bridgehead atoms. The molecule has 45 heavy (non-hydrogen) atoms. The van der Waals surface area contributed by atoms with E-state index >= 15 is 0 Å². The summed E-state index contributed by atoms with van der Waals surface area (Å²) < 4.78 is 29.6. The second kappa shape index (κ2) is 14.3. The van der Waals surface area contributed by atoms with Gasteiger partial charge in [0, 0.05) is 49.2 Å². The minimum Gasteiger partial charge on any atom is -0.481 e. The number of amides is 2. The Bertz CT molecular complexity index is 1670. The molecule has 0 fully saturated rings. The molecule has 1 aromatic heterocycles. The lowest BCUT2D eigenvalue weighted by Gasteiger charge is -2.16. The number of aliphatic carboxylic acids is 1. The third-order valence-electron chi connectivity index (χ3n) is 7.46. The monoisotopic (exact) mass is 619 g/mol. The Labute approximate surface area is 259 Å². The zero-order valence-corrected chi connectivity index (χ0v) is 25.1. The Morgan fingerprint density at radius 1 is 0.822 bits per heavy atom. The molecule has 1 heterocycles. The molecular formula is C34H35F2N3O6. The van der Waals surface area contributed by atoms with Crippen LogP contribution in [0, 0.1) is 11.6 Å². The molecule has 4 N–H and O–H groups in total. The van der Waals surface area contributed by atoms with Crippen LogP contribution < -0.4 is 5.32 Å². The van der Waals surface area contributed by atoms with Gasteiger partial charge in [0.05, 0.1) is 18.6 Å². The van der Waals surface area contributed by atoms with Gasteiger partial charge in [-0.1, -0.05) is 24.3 Å². The van der Waals surface area contributed by atoms with Crippen molar-refractivity contribution in [3.63, 3.8) is 0 Å². The van der Waals surface area contributed by atoms with E-state index < -0.39 is 42.1 Å². The van der Waals surface area contributed by atoms with Crippen molar-refractivity contribution in [2.24, 2.45) is 7.05 Å². The van der Waals surface area contributed by atoms with Crippen LogP contribution in [0.25, 0.3) is 22.3 Å². The SMILES string of the molecule is CN(C)C(=O)c1ccc(NC(=O)c2c(-c3ccc(F)cc3)c(-c3ccc(F)cc3)c(CC[C@@H](O)C[C@@H](O)CC(=O)O)n2C)cc1. The van der Waals surface area contributed by atoms with Crippen molar-refractivity contribution >= 4 is 23.5 Å². The van der Waals surface area contributed by atoms with E-state index in [0.717, 1.165) is 0 Å². The highest BCUT2D eigenvalue weighted by Crippen LogP contribution is 2.41. The maximum atomic E-state index is 14.0. The number of carboxylic acid groups (broad SMARTS) is 1. The molecule has 4 aromatic rings. The second-order valence-corrected chi connectivity index (χ2v) is 11.0. The largest absolute Gasteiger partial charge is 0.481 e. The molecule has 0 aliphatic carbocycles. The van der Waals surface area contributed by atoms with E-state index in [-0.39, 0.29) is 30.9 Å². The number of carbonyl (C=O) groups is 3. The molecule has 0 unspecified atom stereocenters. The van der Waals surface area contributed by atoms with E-state index in [1.165, 1.54) is 41.3 Å². The van der Waals surface area contributed by atoms with Gasteiger partial charge in [0.15, 0.2) is 0 Å². The first-order valence-corrected chi connectivity index (χ1v) is 14.3. The van der Waals surface area contributed by atoms with Gasteiger partial charge in [-0.3, -0.25) is 14.4 Å². The quantitative estimate of drug-likeness (QED) is 0.174. The Kier molecular flexibility index (Phi) is 10.5. The van der Waals surface area contributed by atoms with E-state index in [0.29, 0.717) is 39.2 Å². The number of hydrogen-bond acceptors (Lipinski definition) is 5. The highest BCUT2D eigenvalue weighted by atomic mass is 19.1. The molecule has 9 nitrogen and oxygen atoms in total. The number of halogens is 2. The number of nitrogens with zero attached hydrogens (tertiary/aromatic N) is 2. The molecule has 0 aliphatic rings. The third kappa shape index (κ3) is 8.00. The number of anilines is 1. The van der Waals surface area contributed by atoms with Crippen LogP contribution in [-0.2, 0) is 18.3 Å². The van der Waals surface area contributed by atoms with Gasteiger partial charge in [-0.05, 0) is 78.9 Å². The molecular weight excluding hydrogens is 584 g/mol. The van der Waals surface area contributed by atoms with Crippen molar-refractivity contribution in [3.8, 4) is 22.3 Å². The van der Waals surface area contributed by atoms with Gasteiger partial charge in [-0.2, -0.15) is 0 Å². The number of aromatic nitrogens is 1. The van der Waals surface area contributed by atoms with Gasteiger partial charge in [0.25, 0.3) is 11.8 Å².